The third kappa shape index (κ3) is 4.00. The highest BCUT2D eigenvalue weighted by Crippen LogP contribution is 2.17. The number of pyridine rings is 1. The number of hydrogen-bond donors (Lipinski definition) is 1. The van der Waals surface area contributed by atoms with Gasteiger partial charge in [-0.05, 0) is 11.6 Å². The van der Waals surface area contributed by atoms with Gasteiger partial charge in [0.2, 0.25) is 0 Å². The zero-order valence-electron chi connectivity index (χ0n) is 10.4. The topological polar surface area (TPSA) is 87.6 Å². The summed E-state index contributed by atoms with van der Waals surface area (Å²) in [5.41, 5.74) is 0.956. The number of carboxylic acids is 1. The average Bonchev–Trinajstić information content (AvgIpc) is 2.33. The summed E-state index contributed by atoms with van der Waals surface area (Å²) in [4.78, 5) is 16.8. The van der Waals surface area contributed by atoms with Gasteiger partial charge in [-0.3, -0.25) is 14.7 Å². The Morgan fingerprint density at radius 2 is 2.32 bits per heavy atom. The van der Waals surface area contributed by atoms with Gasteiger partial charge in [-0.15, -0.1) is 0 Å². The van der Waals surface area contributed by atoms with E-state index in [9.17, 15) is 13.2 Å². The second-order valence-corrected chi connectivity index (χ2v) is 6.93. The van der Waals surface area contributed by atoms with Gasteiger partial charge in [0.05, 0.1) is 17.9 Å². The molecule has 2 rings (SSSR count). The molecule has 0 spiro atoms. The van der Waals surface area contributed by atoms with Crippen LogP contribution in [0.3, 0.4) is 0 Å². The van der Waals surface area contributed by atoms with Gasteiger partial charge in [-0.25, -0.2) is 8.42 Å². The minimum Gasteiger partial charge on any atom is -0.481 e. The Labute approximate surface area is 112 Å². The first-order chi connectivity index (χ1) is 8.96. The van der Waals surface area contributed by atoms with E-state index >= 15 is 0 Å². The van der Waals surface area contributed by atoms with Crippen LogP contribution in [0.15, 0.2) is 24.5 Å². The van der Waals surface area contributed by atoms with Gasteiger partial charge in [-0.1, -0.05) is 6.07 Å². The molecule has 0 amide bonds. The molecule has 0 radical (unpaired) electrons. The highest BCUT2D eigenvalue weighted by Gasteiger charge is 2.32. The van der Waals surface area contributed by atoms with E-state index in [2.05, 4.69) is 4.98 Å². The first kappa shape index (κ1) is 14.0. The molecule has 1 aromatic rings. The summed E-state index contributed by atoms with van der Waals surface area (Å²) in [5, 5.41) is 8.89. The van der Waals surface area contributed by atoms with Gasteiger partial charge in [0.1, 0.15) is 0 Å². The molecule has 1 N–H and O–H groups in total. The highest BCUT2D eigenvalue weighted by molar-refractivity contribution is 7.91. The summed E-state index contributed by atoms with van der Waals surface area (Å²) in [6.07, 6.45) is 3.22. The summed E-state index contributed by atoms with van der Waals surface area (Å²) < 4.78 is 23.2. The molecular weight excluding hydrogens is 268 g/mol. The molecule has 1 aliphatic rings. The van der Waals surface area contributed by atoms with E-state index in [1.54, 1.807) is 12.4 Å². The average molecular weight is 284 g/mol. The normalized spacial score (nSPS) is 23.1. The molecule has 1 unspecified atom stereocenters. The lowest BCUT2D eigenvalue weighted by Gasteiger charge is -2.34. The van der Waals surface area contributed by atoms with Gasteiger partial charge >= 0.3 is 5.97 Å². The minimum absolute atomic E-state index is 0.0838. The van der Waals surface area contributed by atoms with E-state index in [1.165, 1.54) is 0 Å². The van der Waals surface area contributed by atoms with Crippen LogP contribution in [-0.4, -0.2) is 53.5 Å². The number of aromatic nitrogens is 1. The zero-order valence-corrected chi connectivity index (χ0v) is 11.2. The summed E-state index contributed by atoms with van der Waals surface area (Å²) in [6.45, 7) is 0.899. The van der Waals surface area contributed by atoms with Crippen molar-refractivity contribution >= 4 is 15.8 Å². The molecule has 2 heterocycles. The largest absolute Gasteiger partial charge is 0.481 e. The molecule has 1 saturated heterocycles. The van der Waals surface area contributed by atoms with Crippen LogP contribution in [0.1, 0.15) is 12.0 Å². The molecule has 6 nitrogen and oxygen atoms in total. The van der Waals surface area contributed by atoms with E-state index in [4.69, 9.17) is 5.11 Å². The van der Waals surface area contributed by atoms with Crippen molar-refractivity contribution in [3.05, 3.63) is 30.1 Å². The SMILES string of the molecule is O=C(O)CC1CS(=O)(=O)CCN1Cc1cccnc1. The molecule has 1 fully saturated rings. The van der Waals surface area contributed by atoms with Crippen LogP contribution in [0.4, 0.5) is 0 Å². The predicted octanol–water partition coefficient (Wildman–Crippen LogP) is 0.155. The Hall–Kier alpha value is -1.47. The molecular formula is C12H16N2O4S. The van der Waals surface area contributed by atoms with E-state index in [1.807, 2.05) is 17.0 Å². The molecule has 0 aliphatic carbocycles. The molecule has 0 bridgehead atoms. The van der Waals surface area contributed by atoms with Crippen molar-refractivity contribution in [1.29, 1.82) is 0 Å². The summed E-state index contributed by atoms with van der Waals surface area (Å²) in [7, 11) is -3.12. The lowest BCUT2D eigenvalue weighted by Crippen LogP contribution is -2.48. The van der Waals surface area contributed by atoms with E-state index < -0.39 is 21.8 Å². The molecule has 0 saturated carbocycles. The van der Waals surface area contributed by atoms with Gasteiger partial charge in [0.15, 0.2) is 9.84 Å². The third-order valence-corrected chi connectivity index (χ3v) is 4.87. The fraction of sp³-hybridized carbons (Fsp3) is 0.500. The number of rotatable bonds is 4. The second kappa shape index (κ2) is 5.66. The van der Waals surface area contributed by atoms with Crippen LogP contribution in [0, 0.1) is 0 Å². The van der Waals surface area contributed by atoms with Gasteiger partial charge in [0.25, 0.3) is 0 Å². The highest BCUT2D eigenvalue weighted by atomic mass is 32.2. The van der Waals surface area contributed by atoms with Crippen LogP contribution in [0.25, 0.3) is 0 Å². The molecule has 7 heteroatoms. The smallest absolute Gasteiger partial charge is 0.304 e. The first-order valence-electron chi connectivity index (χ1n) is 6.01. The van der Waals surface area contributed by atoms with Crippen LogP contribution in [0.2, 0.25) is 0 Å². The molecule has 0 aromatic carbocycles. The van der Waals surface area contributed by atoms with E-state index in [0.29, 0.717) is 13.1 Å². The van der Waals surface area contributed by atoms with Crippen molar-refractivity contribution < 1.29 is 18.3 Å². The fourth-order valence-electron chi connectivity index (χ4n) is 2.24. The van der Waals surface area contributed by atoms with Crippen LogP contribution >= 0.6 is 0 Å². The van der Waals surface area contributed by atoms with E-state index in [-0.39, 0.29) is 17.9 Å². The Morgan fingerprint density at radius 1 is 1.53 bits per heavy atom. The quantitative estimate of drug-likeness (QED) is 0.847. The summed E-state index contributed by atoms with van der Waals surface area (Å²) >= 11 is 0. The monoisotopic (exact) mass is 284 g/mol. The first-order valence-corrected chi connectivity index (χ1v) is 7.83. The van der Waals surface area contributed by atoms with Crippen LogP contribution < -0.4 is 0 Å². The third-order valence-electron chi connectivity index (χ3n) is 3.17. The number of hydrogen-bond acceptors (Lipinski definition) is 5. The second-order valence-electron chi connectivity index (χ2n) is 4.70. The minimum atomic E-state index is -3.12. The maximum atomic E-state index is 11.6. The van der Waals surface area contributed by atoms with Crippen molar-refractivity contribution in [2.45, 2.75) is 19.0 Å². The number of aliphatic carboxylic acids is 1. The maximum Gasteiger partial charge on any atom is 0.304 e. The lowest BCUT2D eigenvalue weighted by molar-refractivity contribution is -0.138. The fourth-order valence-corrected chi connectivity index (χ4v) is 3.84. The number of carboxylic acid groups (broad SMARTS) is 1. The number of sulfone groups is 1. The van der Waals surface area contributed by atoms with Crippen LogP contribution in [0.5, 0.6) is 0 Å². The summed E-state index contributed by atoms with van der Waals surface area (Å²) in [6, 6.07) is 3.24. The number of nitrogens with zero attached hydrogens (tertiary/aromatic N) is 2. The van der Waals surface area contributed by atoms with E-state index in [0.717, 1.165) is 5.56 Å². The van der Waals surface area contributed by atoms with Gasteiger partial charge in [0, 0.05) is 31.5 Å². The Balaban J connectivity index is 2.11. The summed E-state index contributed by atoms with van der Waals surface area (Å²) in [5.74, 6) is -0.971. The van der Waals surface area contributed by atoms with Gasteiger partial charge < -0.3 is 5.11 Å². The van der Waals surface area contributed by atoms with Crippen molar-refractivity contribution in [2.24, 2.45) is 0 Å². The number of carbonyl (C=O) groups is 1. The zero-order chi connectivity index (χ0) is 13.9. The predicted molar refractivity (Wildman–Crippen MR) is 69.3 cm³/mol. The van der Waals surface area contributed by atoms with Crippen molar-refractivity contribution in [3.63, 3.8) is 0 Å². The van der Waals surface area contributed by atoms with Crippen molar-refractivity contribution in [2.75, 3.05) is 18.1 Å². The Kier molecular flexibility index (Phi) is 4.16. The molecule has 19 heavy (non-hydrogen) atoms. The molecule has 1 aliphatic heterocycles. The lowest BCUT2D eigenvalue weighted by atomic mass is 10.1. The van der Waals surface area contributed by atoms with Crippen molar-refractivity contribution in [1.82, 2.24) is 9.88 Å². The Bertz CT molecular complexity index is 544. The molecule has 104 valence electrons. The van der Waals surface area contributed by atoms with Crippen LogP contribution in [-0.2, 0) is 21.2 Å². The standard InChI is InChI=1S/C12H16N2O4S/c15-12(16)6-11-9-19(17,18)5-4-14(11)8-10-2-1-3-13-7-10/h1-3,7,11H,4-6,8-9H2,(H,15,16). The van der Waals surface area contributed by atoms with Crippen molar-refractivity contribution in [3.8, 4) is 0 Å². The maximum absolute atomic E-state index is 11.6. The van der Waals surface area contributed by atoms with Gasteiger partial charge in [-0.2, -0.15) is 0 Å². The Morgan fingerprint density at radius 3 is 2.95 bits per heavy atom. The molecule has 1 atom stereocenters. The molecule has 1 aromatic heterocycles.